The zero-order valence-electron chi connectivity index (χ0n) is 13.3. The molecule has 1 saturated carbocycles. The molecule has 122 valence electrons. The summed E-state index contributed by atoms with van der Waals surface area (Å²) in [6.07, 6.45) is 4.58. The first-order valence-electron chi connectivity index (χ1n) is 8.11. The molecule has 6 heteroatoms. The van der Waals surface area contributed by atoms with Crippen molar-refractivity contribution in [3.8, 4) is 0 Å². The Hall–Kier alpha value is -1.66. The van der Waals surface area contributed by atoms with Crippen molar-refractivity contribution in [1.29, 1.82) is 0 Å². The molecule has 1 amide bonds. The number of thiophene rings is 1. The summed E-state index contributed by atoms with van der Waals surface area (Å²) in [6, 6.07) is 1.90. The van der Waals surface area contributed by atoms with Crippen LogP contribution >= 0.6 is 11.3 Å². The van der Waals surface area contributed by atoms with Crippen LogP contribution < -0.4 is 0 Å². The molecule has 3 heterocycles. The van der Waals surface area contributed by atoms with Crippen molar-refractivity contribution < 1.29 is 9.53 Å². The molecule has 0 saturated heterocycles. The molecule has 0 radical (unpaired) electrons. The molecule has 0 N–H and O–H groups in total. The lowest BCUT2D eigenvalue weighted by molar-refractivity contribution is 0.0674. The molecule has 1 aliphatic carbocycles. The second-order valence-electron chi connectivity index (χ2n) is 6.52. The summed E-state index contributed by atoms with van der Waals surface area (Å²) >= 11 is 1.56. The van der Waals surface area contributed by atoms with E-state index in [4.69, 9.17) is 4.74 Å². The number of fused-ring (bicyclic) bond motifs is 1. The van der Waals surface area contributed by atoms with Crippen LogP contribution in [0.4, 0.5) is 0 Å². The van der Waals surface area contributed by atoms with E-state index in [-0.39, 0.29) is 11.8 Å². The SMILES string of the molecule is COC[C@@H]1CN(C(=O)c2ccsc2)Cc2c1cnn2CC1CC1. The van der Waals surface area contributed by atoms with Crippen molar-refractivity contribution in [1.82, 2.24) is 14.7 Å². The molecule has 4 rings (SSSR count). The van der Waals surface area contributed by atoms with E-state index >= 15 is 0 Å². The van der Waals surface area contributed by atoms with Crippen molar-refractivity contribution in [3.63, 3.8) is 0 Å². The number of amides is 1. The molecule has 0 spiro atoms. The highest BCUT2D eigenvalue weighted by molar-refractivity contribution is 7.08. The third-order valence-corrected chi connectivity index (χ3v) is 5.44. The molecule has 23 heavy (non-hydrogen) atoms. The van der Waals surface area contributed by atoms with E-state index in [1.165, 1.54) is 24.1 Å². The van der Waals surface area contributed by atoms with Gasteiger partial charge in [0.05, 0.1) is 30.6 Å². The maximum Gasteiger partial charge on any atom is 0.255 e. The lowest BCUT2D eigenvalue weighted by Gasteiger charge is -2.33. The standard InChI is InChI=1S/C17H21N3O2S/c1-22-10-14-8-19(17(21)13-4-5-23-11-13)9-16-15(14)6-18-20(16)7-12-2-3-12/h4-6,11-12,14H,2-3,7-10H2,1H3/t14-/m0/s1. The van der Waals surface area contributed by atoms with Gasteiger partial charge in [-0.05, 0) is 30.2 Å². The van der Waals surface area contributed by atoms with Gasteiger partial charge in [0, 0.05) is 37.1 Å². The Balaban J connectivity index is 1.62. The summed E-state index contributed by atoms with van der Waals surface area (Å²) in [7, 11) is 1.72. The molecule has 5 nitrogen and oxygen atoms in total. The normalized spacial score (nSPS) is 20.6. The number of nitrogens with zero attached hydrogens (tertiary/aromatic N) is 3. The van der Waals surface area contributed by atoms with E-state index in [0.717, 1.165) is 18.0 Å². The summed E-state index contributed by atoms with van der Waals surface area (Å²) in [6.45, 7) is 2.95. The molecular weight excluding hydrogens is 310 g/mol. The molecule has 1 aliphatic heterocycles. The van der Waals surface area contributed by atoms with E-state index in [9.17, 15) is 4.79 Å². The van der Waals surface area contributed by atoms with Crippen LogP contribution in [0.5, 0.6) is 0 Å². The minimum absolute atomic E-state index is 0.108. The first-order valence-corrected chi connectivity index (χ1v) is 9.05. The lowest BCUT2D eigenvalue weighted by atomic mass is 9.95. The second-order valence-corrected chi connectivity index (χ2v) is 7.30. The molecular formula is C17H21N3O2S. The highest BCUT2D eigenvalue weighted by Crippen LogP contribution is 2.34. The van der Waals surface area contributed by atoms with Gasteiger partial charge in [-0.15, -0.1) is 0 Å². The van der Waals surface area contributed by atoms with Crippen molar-refractivity contribution in [3.05, 3.63) is 39.8 Å². The summed E-state index contributed by atoms with van der Waals surface area (Å²) in [5.41, 5.74) is 3.22. The fourth-order valence-corrected chi connectivity index (χ4v) is 3.95. The molecule has 2 aliphatic rings. The van der Waals surface area contributed by atoms with Crippen molar-refractivity contribution >= 4 is 17.2 Å². The number of methoxy groups -OCH3 is 1. The van der Waals surface area contributed by atoms with Gasteiger partial charge in [0.1, 0.15) is 0 Å². The average Bonchev–Trinajstić information content (AvgIpc) is 3.05. The number of hydrogen-bond donors (Lipinski definition) is 0. The molecule has 1 atom stereocenters. The van der Waals surface area contributed by atoms with Gasteiger partial charge in [0.25, 0.3) is 5.91 Å². The van der Waals surface area contributed by atoms with E-state index in [2.05, 4.69) is 9.78 Å². The minimum Gasteiger partial charge on any atom is -0.384 e. The quantitative estimate of drug-likeness (QED) is 0.846. The topological polar surface area (TPSA) is 47.4 Å². The van der Waals surface area contributed by atoms with E-state index in [0.29, 0.717) is 19.7 Å². The Morgan fingerprint density at radius 2 is 2.35 bits per heavy atom. The third-order valence-electron chi connectivity index (χ3n) is 4.75. The van der Waals surface area contributed by atoms with Crippen LogP contribution in [0, 0.1) is 5.92 Å². The van der Waals surface area contributed by atoms with Gasteiger partial charge >= 0.3 is 0 Å². The number of carbonyl (C=O) groups excluding carboxylic acids is 1. The van der Waals surface area contributed by atoms with Gasteiger partial charge in [0.15, 0.2) is 0 Å². The minimum atomic E-state index is 0.108. The number of rotatable bonds is 5. The van der Waals surface area contributed by atoms with Gasteiger partial charge in [-0.3, -0.25) is 9.48 Å². The zero-order chi connectivity index (χ0) is 15.8. The fourth-order valence-electron chi connectivity index (χ4n) is 3.32. The molecule has 2 aromatic heterocycles. The largest absolute Gasteiger partial charge is 0.384 e. The number of hydrogen-bond acceptors (Lipinski definition) is 4. The third kappa shape index (κ3) is 2.93. The zero-order valence-corrected chi connectivity index (χ0v) is 14.1. The number of aromatic nitrogens is 2. The predicted molar refractivity (Wildman–Crippen MR) is 88.6 cm³/mol. The molecule has 1 fully saturated rings. The van der Waals surface area contributed by atoms with Gasteiger partial charge in [-0.1, -0.05) is 0 Å². The van der Waals surface area contributed by atoms with Crippen LogP contribution in [0.1, 0.15) is 40.4 Å². The van der Waals surface area contributed by atoms with Crippen molar-refractivity contribution in [2.45, 2.75) is 31.8 Å². The van der Waals surface area contributed by atoms with Crippen LogP contribution in [-0.2, 0) is 17.8 Å². The van der Waals surface area contributed by atoms with E-state index < -0.39 is 0 Å². The molecule has 2 aromatic rings. The monoisotopic (exact) mass is 331 g/mol. The summed E-state index contributed by atoms with van der Waals surface area (Å²) in [5, 5.41) is 8.46. The van der Waals surface area contributed by atoms with E-state index in [1.807, 2.05) is 27.9 Å². The summed E-state index contributed by atoms with van der Waals surface area (Å²) in [5.74, 6) is 1.08. The van der Waals surface area contributed by atoms with E-state index in [1.54, 1.807) is 18.4 Å². The Morgan fingerprint density at radius 1 is 1.48 bits per heavy atom. The van der Waals surface area contributed by atoms with Crippen LogP contribution in [0.15, 0.2) is 23.0 Å². The van der Waals surface area contributed by atoms with Gasteiger partial charge in [-0.25, -0.2) is 0 Å². The lowest BCUT2D eigenvalue weighted by Crippen LogP contribution is -2.40. The van der Waals surface area contributed by atoms with Crippen LogP contribution in [0.2, 0.25) is 0 Å². The van der Waals surface area contributed by atoms with Crippen LogP contribution in [0.3, 0.4) is 0 Å². The fraction of sp³-hybridized carbons (Fsp3) is 0.529. The maximum atomic E-state index is 12.8. The second kappa shape index (κ2) is 6.09. The van der Waals surface area contributed by atoms with Crippen molar-refractivity contribution in [2.24, 2.45) is 5.92 Å². The van der Waals surface area contributed by atoms with Gasteiger partial charge in [-0.2, -0.15) is 16.4 Å². The highest BCUT2D eigenvalue weighted by Gasteiger charge is 2.33. The first-order chi connectivity index (χ1) is 11.3. The predicted octanol–water partition coefficient (Wildman–Crippen LogP) is 2.74. The molecule has 0 aromatic carbocycles. The number of carbonyl (C=O) groups is 1. The van der Waals surface area contributed by atoms with Crippen LogP contribution in [-0.4, -0.2) is 40.8 Å². The smallest absolute Gasteiger partial charge is 0.255 e. The Kier molecular flexibility index (Phi) is 3.95. The first kappa shape index (κ1) is 14.9. The summed E-state index contributed by atoms with van der Waals surface area (Å²) in [4.78, 5) is 14.7. The molecule has 0 bridgehead atoms. The summed E-state index contributed by atoms with van der Waals surface area (Å²) < 4.78 is 7.50. The Labute approximate surface area is 139 Å². The molecule has 0 unspecified atom stereocenters. The number of ether oxygens (including phenoxy) is 1. The van der Waals surface area contributed by atoms with Gasteiger partial charge < -0.3 is 9.64 Å². The van der Waals surface area contributed by atoms with Crippen molar-refractivity contribution in [2.75, 3.05) is 20.3 Å². The van der Waals surface area contributed by atoms with Gasteiger partial charge in [0.2, 0.25) is 0 Å². The highest BCUT2D eigenvalue weighted by atomic mass is 32.1. The Morgan fingerprint density at radius 3 is 3.04 bits per heavy atom. The average molecular weight is 331 g/mol. The van der Waals surface area contributed by atoms with Crippen LogP contribution in [0.25, 0.3) is 0 Å². The maximum absolute atomic E-state index is 12.8. The Bertz CT molecular complexity index is 691.